The number of carbonyl (C=O) groups is 3. The second-order valence-corrected chi connectivity index (χ2v) is 2.90. The fourth-order valence-electron chi connectivity index (χ4n) is 0.956. The van der Waals surface area contributed by atoms with Crippen LogP contribution in [-0.2, 0) is 9.59 Å². The lowest BCUT2D eigenvalue weighted by molar-refractivity contribution is -0.138. The van der Waals surface area contributed by atoms with Crippen molar-refractivity contribution in [3.63, 3.8) is 0 Å². The number of nitrogens with zero attached hydrogens (tertiary/aromatic N) is 1. The van der Waals surface area contributed by atoms with Crippen molar-refractivity contribution in [3.8, 4) is 0 Å². The summed E-state index contributed by atoms with van der Waals surface area (Å²) >= 11 is 0. The highest BCUT2D eigenvalue weighted by molar-refractivity contribution is 5.91. The summed E-state index contributed by atoms with van der Waals surface area (Å²) in [6.07, 6.45) is -1.60. The number of amides is 2. The second-order valence-electron chi connectivity index (χ2n) is 2.90. The van der Waals surface area contributed by atoms with Crippen LogP contribution >= 0.6 is 0 Å². The fraction of sp³-hybridized carbons (Fsp3) is 0.625. The number of imide groups is 1. The molecule has 7 heteroatoms. The van der Waals surface area contributed by atoms with E-state index in [1.165, 1.54) is 6.92 Å². The van der Waals surface area contributed by atoms with Crippen molar-refractivity contribution >= 4 is 18.0 Å². The topological polar surface area (TPSA) is 121 Å². The molecule has 0 rings (SSSR count). The monoisotopic (exact) mass is 218 g/mol. The van der Waals surface area contributed by atoms with Gasteiger partial charge in [-0.05, 0) is 13.3 Å². The van der Waals surface area contributed by atoms with Gasteiger partial charge < -0.3 is 15.9 Å². The van der Waals surface area contributed by atoms with Crippen LogP contribution in [0.1, 0.15) is 19.8 Å². The minimum Gasteiger partial charge on any atom is -0.480 e. The largest absolute Gasteiger partial charge is 0.480 e. The van der Waals surface area contributed by atoms with Crippen LogP contribution in [0.2, 0.25) is 0 Å². The van der Waals surface area contributed by atoms with Gasteiger partial charge >= 0.3 is 12.1 Å². The zero-order valence-electron chi connectivity index (χ0n) is 8.34. The number of carbonyl (C=O) groups excluding carboxylic acids is 1. The minimum atomic E-state index is -1.34. The molecule has 2 amide bonds. The molecule has 0 aromatic heterocycles. The first kappa shape index (κ1) is 13.4. The van der Waals surface area contributed by atoms with Crippen LogP contribution in [0.15, 0.2) is 0 Å². The molecule has 0 aromatic carbocycles. The Morgan fingerprint density at radius 1 is 1.33 bits per heavy atom. The summed E-state index contributed by atoms with van der Waals surface area (Å²) in [7, 11) is 0. The van der Waals surface area contributed by atoms with E-state index in [2.05, 4.69) is 0 Å². The summed E-state index contributed by atoms with van der Waals surface area (Å²) in [6.45, 7) is 1.56. The Hall–Kier alpha value is -1.63. The summed E-state index contributed by atoms with van der Waals surface area (Å²) in [5.74, 6) is -1.84. The van der Waals surface area contributed by atoms with Crippen molar-refractivity contribution in [1.82, 2.24) is 4.90 Å². The number of nitrogens with two attached hydrogens (primary N) is 1. The molecule has 0 aliphatic heterocycles. The Morgan fingerprint density at radius 2 is 1.87 bits per heavy atom. The maximum absolute atomic E-state index is 11.2. The van der Waals surface area contributed by atoms with E-state index < -0.39 is 24.0 Å². The van der Waals surface area contributed by atoms with Gasteiger partial charge in [0.15, 0.2) is 0 Å². The first-order valence-corrected chi connectivity index (χ1v) is 4.41. The van der Waals surface area contributed by atoms with E-state index in [0.717, 1.165) is 0 Å². The Bertz CT molecular complexity index is 266. The Balaban J connectivity index is 4.13. The molecule has 0 aliphatic rings. The van der Waals surface area contributed by atoms with Gasteiger partial charge in [0.2, 0.25) is 5.91 Å². The molecule has 0 radical (unpaired) electrons. The molecule has 0 saturated heterocycles. The van der Waals surface area contributed by atoms with E-state index >= 15 is 0 Å². The predicted molar refractivity (Wildman–Crippen MR) is 50.3 cm³/mol. The van der Waals surface area contributed by atoms with Crippen molar-refractivity contribution in [2.45, 2.75) is 25.8 Å². The number of hydrogen-bond acceptors (Lipinski definition) is 4. The lowest BCUT2D eigenvalue weighted by atomic mass is 10.1. The van der Waals surface area contributed by atoms with Crippen LogP contribution in [0.5, 0.6) is 0 Å². The molecule has 15 heavy (non-hydrogen) atoms. The highest BCUT2D eigenvalue weighted by Gasteiger charge is 2.20. The normalized spacial score (nSPS) is 11.9. The number of carboxylic acid groups (broad SMARTS) is 2. The highest BCUT2D eigenvalue weighted by atomic mass is 16.4. The number of hydrogen-bond donors (Lipinski definition) is 3. The van der Waals surface area contributed by atoms with Crippen molar-refractivity contribution in [2.75, 3.05) is 6.54 Å². The van der Waals surface area contributed by atoms with E-state index in [-0.39, 0.29) is 19.4 Å². The quantitative estimate of drug-likeness (QED) is 0.582. The van der Waals surface area contributed by atoms with Crippen LogP contribution in [0.25, 0.3) is 0 Å². The van der Waals surface area contributed by atoms with Gasteiger partial charge in [-0.1, -0.05) is 0 Å². The molecule has 86 valence electrons. The molecule has 0 spiro atoms. The smallest absolute Gasteiger partial charge is 0.414 e. The average Bonchev–Trinajstić information content (AvgIpc) is 2.14. The first-order chi connectivity index (χ1) is 6.90. The van der Waals surface area contributed by atoms with Crippen molar-refractivity contribution in [1.29, 1.82) is 0 Å². The number of aliphatic carboxylic acids is 1. The fourth-order valence-corrected chi connectivity index (χ4v) is 0.956. The summed E-state index contributed by atoms with van der Waals surface area (Å²) in [5, 5.41) is 17.0. The van der Waals surface area contributed by atoms with Gasteiger partial charge in [0.1, 0.15) is 6.04 Å². The van der Waals surface area contributed by atoms with Crippen LogP contribution < -0.4 is 5.73 Å². The third-order valence-electron chi connectivity index (χ3n) is 1.83. The van der Waals surface area contributed by atoms with Crippen LogP contribution in [0.4, 0.5) is 4.79 Å². The zero-order valence-corrected chi connectivity index (χ0v) is 8.34. The molecule has 0 fully saturated rings. The van der Waals surface area contributed by atoms with E-state index in [1.807, 2.05) is 0 Å². The van der Waals surface area contributed by atoms with Crippen molar-refractivity contribution in [2.24, 2.45) is 5.73 Å². The SMILES string of the molecule is CCN(C(=O)O)C(=O)CCC(N)C(=O)O. The predicted octanol–water partition coefficient (Wildman–Crippen LogP) is -0.295. The Labute approximate surface area is 86.5 Å². The molecule has 1 atom stereocenters. The molecule has 0 aliphatic carbocycles. The molecule has 7 nitrogen and oxygen atoms in total. The molecular weight excluding hydrogens is 204 g/mol. The third kappa shape index (κ3) is 4.41. The van der Waals surface area contributed by atoms with Crippen LogP contribution in [0.3, 0.4) is 0 Å². The van der Waals surface area contributed by atoms with E-state index in [1.54, 1.807) is 0 Å². The molecular formula is C8H14N2O5. The van der Waals surface area contributed by atoms with E-state index in [9.17, 15) is 14.4 Å². The Morgan fingerprint density at radius 3 is 2.20 bits per heavy atom. The van der Waals surface area contributed by atoms with Gasteiger partial charge in [0, 0.05) is 13.0 Å². The van der Waals surface area contributed by atoms with Gasteiger partial charge in [-0.3, -0.25) is 9.59 Å². The molecule has 0 bridgehead atoms. The zero-order chi connectivity index (χ0) is 12.0. The maximum atomic E-state index is 11.2. The van der Waals surface area contributed by atoms with Crippen LogP contribution in [0, 0.1) is 0 Å². The second kappa shape index (κ2) is 5.97. The van der Waals surface area contributed by atoms with E-state index in [4.69, 9.17) is 15.9 Å². The van der Waals surface area contributed by atoms with Gasteiger partial charge in [0.25, 0.3) is 0 Å². The summed E-state index contributed by atoms with van der Waals surface area (Å²) in [6, 6.07) is -1.14. The van der Waals surface area contributed by atoms with Crippen molar-refractivity contribution in [3.05, 3.63) is 0 Å². The third-order valence-corrected chi connectivity index (χ3v) is 1.83. The average molecular weight is 218 g/mol. The van der Waals surface area contributed by atoms with Gasteiger partial charge in [-0.2, -0.15) is 0 Å². The van der Waals surface area contributed by atoms with Gasteiger partial charge in [-0.15, -0.1) is 0 Å². The lowest BCUT2D eigenvalue weighted by Gasteiger charge is -2.15. The molecule has 0 heterocycles. The lowest BCUT2D eigenvalue weighted by Crippen LogP contribution is -2.37. The summed E-state index contributed by atoms with van der Waals surface area (Å²) in [5.41, 5.74) is 5.16. The van der Waals surface area contributed by atoms with E-state index in [0.29, 0.717) is 4.90 Å². The van der Waals surface area contributed by atoms with Crippen LogP contribution in [-0.4, -0.2) is 45.7 Å². The molecule has 4 N–H and O–H groups in total. The molecule has 0 aromatic rings. The molecule has 0 saturated carbocycles. The number of rotatable bonds is 5. The standard InChI is InChI=1S/C8H14N2O5/c1-2-10(8(14)15)6(11)4-3-5(9)7(12)13/h5H,2-4,9H2,1H3,(H,12,13)(H,14,15). The number of carboxylic acids is 1. The summed E-state index contributed by atoms with van der Waals surface area (Å²) < 4.78 is 0. The van der Waals surface area contributed by atoms with Gasteiger partial charge in [0.05, 0.1) is 0 Å². The summed E-state index contributed by atoms with van der Waals surface area (Å²) in [4.78, 5) is 32.7. The molecule has 1 unspecified atom stereocenters. The van der Waals surface area contributed by atoms with Gasteiger partial charge in [-0.25, -0.2) is 9.69 Å². The minimum absolute atomic E-state index is 0.0382. The highest BCUT2D eigenvalue weighted by Crippen LogP contribution is 2.01. The Kier molecular flexibility index (Phi) is 5.32. The maximum Gasteiger partial charge on any atom is 0.414 e. The first-order valence-electron chi connectivity index (χ1n) is 4.41. The van der Waals surface area contributed by atoms with Crippen molar-refractivity contribution < 1.29 is 24.6 Å².